The minimum atomic E-state index is -3.32. The van der Waals surface area contributed by atoms with E-state index in [0.29, 0.717) is 23.0 Å². The number of anilines is 1. The van der Waals surface area contributed by atoms with E-state index in [0.717, 1.165) is 23.2 Å². The van der Waals surface area contributed by atoms with Crippen LogP contribution in [0.3, 0.4) is 0 Å². The van der Waals surface area contributed by atoms with Crippen LogP contribution >= 0.6 is 23.7 Å². The topological polar surface area (TPSA) is 79.8 Å². The third-order valence-electron chi connectivity index (χ3n) is 4.89. The van der Waals surface area contributed by atoms with Crippen molar-refractivity contribution in [2.24, 2.45) is 0 Å². The molecule has 3 aromatic rings. The largest absolute Gasteiger partial charge is 0.494 e. The molecule has 0 spiro atoms. The Bertz CT molecular complexity index is 1160. The summed E-state index contributed by atoms with van der Waals surface area (Å²) in [5.74, 6) is 0.469. The van der Waals surface area contributed by atoms with Crippen LogP contribution in [0.5, 0.6) is 5.75 Å². The molecular weight excluding hydrogens is 470 g/mol. The predicted octanol–water partition coefficient (Wildman–Crippen LogP) is 4.12. The van der Waals surface area contributed by atoms with Gasteiger partial charge in [-0.3, -0.25) is 9.69 Å². The fourth-order valence-electron chi connectivity index (χ4n) is 3.15. The fourth-order valence-corrected chi connectivity index (χ4v) is 5.04. The first kappa shape index (κ1) is 26.1. The number of thiazole rings is 1. The van der Waals surface area contributed by atoms with Gasteiger partial charge in [-0.15, -0.1) is 12.4 Å². The summed E-state index contributed by atoms with van der Waals surface area (Å²) in [6, 6.07) is 11.8. The molecule has 0 fully saturated rings. The lowest BCUT2D eigenvalue weighted by molar-refractivity contribution is 0.0986. The smallest absolute Gasteiger partial charge is 0.260 e. The summed E-state index contributed by atoms with van der Waals surface area (Å²) in [5.41, 5.74) is 1.14. The fraction of sp³-hybridized carbons (Fsp3) is 0.364. The molecule has 0 unspecified atom stereocenters. The van der Waals surface area contributed by atoms with Crippen molar-refractivity contribution in [3.63, 3.8) is 0 Å². The number of nitrogens with zero attached hydrogens (tertiary/aromatic N) is 3. The number of sulfone groups is 1. The Labute approximate surface area is 199 Å². The normalized spacial score (nSPS) is 11.4. The molecular formula is C22H28ClN3O4S2. The summed E-state index contributed by atoms with van der Waals surface area (Å²) < 4.78 is 30.5. The summed E-state index contributed by atoms with van der Waals surface area (Å²) in [6.45, 7) is 2.92. The number of rotatable bonds is 9. The molecule has 0 radical (unpaired) electrons. The van der Waals surface area contributed by atoms with Crippen LogP contribution in [0, 0.1) is 0 Å². The Morgan fingerprint density at radius 2 is 1.78 bits per heavy atom. The van der Waals surface area contributed by atoms with Gasteiger partial charge in [0, 0.05) is 12.1 Å². The Balaban J connectivity index is 0.00000363. The monoisotopic (exact) mass is 497 g/mol. The van der Waals surface area contributed by atoms with Crippen molar-refractivity contribution in [3.8, 4) is 5.75 Å². The number of benzene rings is 2. The zero-order valence-corrected chi connectivity index (χ0v) is 21.0. The number of aromatic nitrogens is 1. The maximum Gasteiger partial charge on any atom is 0.260 e. The second-order valence-electron chi connectivity index (χ2n) is 7.34. The molecule has 32 heavy (non-hydrogen) atoms. The van der Waals surface area contributed by atoms with E-state index in [1.807, 2.05) is 32.3 Å². The van der Waals surface area contributed by atoms with Gasteiger partial charge in [0.25, 0.3) is 5.91 Å². The number of para-hydroxylation sites is 1. The number of hydrogen-bond donors (Lipinski definition) is 0. The number of halogens is 1. The minimum Gasteiger partial charge on any atom is -0.494 e. The SMILES string of the molecule is CCS(=O)(=O)c1ccc(C(=O)N(CCCN(C)C)c2nc3c(OC)cccc3s2)cc1.Cl. The van der Waals surface area contributed by atoms with Crippen LogP contribution in [0.15, 0.2) is 47.4 Å². The van der Waals surface area contributed by atoms with Crippen molar-refractivity contribution in [3.05, 3.63) is 48.0 Å². The number of ether oxygens (including phenoxy) is 1. The van der Waals surface area contributed by atoms with E-state index in [9.17, 15) is 13.2 Å². The molecule has 0 bridgehead atoms. The maximum absolute atomic E-state index is 13.4. The minimum absolute atomic E-state index is 0. The first-order valence-corrected chi connectivity index (χ1v) is 12.5. The Kier molecular flexibility index (Phi) is 9.03. The number of amides is 1. The van der Waals surface area contributed by atoms with Gasteiger partial charge in [-0.2, -0.15) is 0 Å². The van der Waals surface area contributed by atoms with E-state index in [1.54, 1.807) is 31.1 Å². The van der Waals surface area contributed by atoms with E-state index in [-0.39, 0.29) is 29.0 Å². The van der Waals surface area contributed by atoms with Gasteiger partial charge in [-0.25, -0.2) is 13.4 Å². The van der Waals surface area contributed by atoms with Crippen molar-refractivity contribution < 1.29 is 17.9 Å². The van der Waals surface area contributed by atoms with E-state index < -0.39 is 9.84 Å². The van der Waals surface area contributed by atoms with Gasteiger partial charge < -0.3 is 9.64 Å². The van der Waals surface area contributed by atoms with Crippen LogP contribution in [-0.4, -0.2) is 64.3 Å². The zero-order chi connectivity index (χ0) is 22.6. The second-order valence-corrected chi connectivity index (χ2v) is 10.6. The molecule has 7 nitrogen and oxygen atoms in total. The molecule has 3 rings (SSSR count). The number of carbonyl (C=O) groups excluding carboxylic acids is 1. The predicted molar refractivity (Wildman–Crippen MR) is 132 cm³/mol. The highest BCUT2D eigenvalue weighted by Gasteiger charge is 2.23. The molecule has 0 aliphatic carbocycles. The number of methoxy groups -OCH3 is 1. The second kappa shape index (κ2) is 11.1. The number of hydrogen-bond acceptors (Lipinski definition) is 7. The van der Waals surface area contributed by atoms with Crippen LogP contribution in [0.4, 0.5) is 5.13 Å². The molecule has 0 aliphatic heterocycles. The van der Waals surface area contributed by atoms with Gasteiger partial charge in [0.15, 0.2) is 15.0 Å². The summed E-state index contributed by atoms with van der Waals surface area (Å²) >= 11 is 1.43. The maximum atomic E-state index is 13.4. The number of fused-ring (bicyclic) bond motifs is 1. The highest BCUT2D eigenvalue weighted by molar-refractivity contribution is 7.91. The summed E-state index contributed by atoms with van der Waals surface area (Å²) in [7, 11) is 2.26. The van der Waals surface area contributed by atoms with Crippen molar-refractivity contribution in [2.45, 2.75) is 18.2 Å². The van der Waals surface area contributed by atoms with Gasteiger partial charge in [0.1, 0.15) is 11.3 Å². The molecule has 0 N–H and O–H groups in total. The van der Waals surface area contributed by atoms with Crippen LogP contribution in [0.2, 0.25) is 0 Å². The van der Waals surface area contributed by atoms with Crippen LogP contribution in [0.25, 0.3) is 10.2 Å². The summed E-state index contributed by atoms with van der Waals surface area (Å²) in [5, 5.41) is 0.591. The van der Waals surface area contributed by atoms with E-state index >= 15 is 0 Å². The van der Waals surface area contributed by atoms with Crippen LogP contribution in [-0.2, 0) is 9.84 Å². The molecule has 2 aromatic carbocycles. The summed E-state index contributed by atoms with van der Waals surface area (Å²) in [4.78, 5) is 22.0. The molecule has 1 heterocycles. The third-order valence-corrected chi connectivity index (χ3v) is 7.69. The Hall–Kier alpha value is -2.20. The first-order chi connectivity index (χ1) is 14.8. The first-order valence-electron chi connectivity index (χ1n) is 9.99. The van der Waals surface area contributed by atoms with Gasteiger partial charge in [-0.05, 0) is 63.5 Å². The highest BCUT2D eigenvalue weighted by atomic mass is 35.5. The molecule has 1 amide bonds. The van der Waals surface area contributed by atoms with Gasteiger partial charge in [0.2, 0.25) is 0 Å². The van der Waals surface area contributed by atoms with Gasteiger partial charge in [0.05, 0.1) is 22.5 Å². The Morgan fingerprint density at radius 1 is 1.09 bits per heavy atom. The van der Waals surface area contributed by atoms with Crippen molar-refractivity contribution >= 4 is 54.8 Å². The molecule has 10 heteroatoms. The quantitative estimate of drug-likeness (QED) is 0.442. The standard InChI is InChI=1S/C22H27N3O4S2.ClH/c1-5-31(27,28)17-12-10-16(11-13-17)21(26)25(15-7-14-24(2)3)22-23-20-18(29-4)8-6-9-19(20)30-22;/h6,8-13H,5,7,14-15H2,1-4H3;1H. The van der Waals surface area contributed by atoms with Gasteiger partial charge in [-0.1, -0.05) is 24.3 Å². The number of carbonyl (C=O) groups is 1. The lowest BCUT2D eigenvalue weighted by Gasteiger charge is -2.21. The molecule has 0 aliphatic rings. The van der Waals surface area contributed by atoms with Crippen LogP contribution < -0.4 is 9.64 Å². The van der Waals surface area contributed by atoms with E-state index in [1.165, 1.54) is 23.5 Å². The van der Waals surface area contributed by atoms with Gasteiger partial charge >= 0.3 is 0 Å². The molecule has 1 aromatic heterocycles. The molecule has 0 atom stereocenters. The van der Waals surface area contributed by atoms with Crippen LogP contribution in [0.1, 0.15) is 23.7 Å². The van der Waals surface area contributed by atoms with E-state index in [4.69, 9.17) is 4.74 Å². The molecule has 0 saturated carbocycles. The van der Waals surface area contributed by atoms with Crippen molar-refractivity contribution in [2.75, 3.05) is 44.9 Å². The average Bonchev–Trinajstić information content (AvgIpc) is 3.20. The zero-order valence-electron chi connectivity index (χ0n) is 18.6. The van der Waals surface area contributed by atoms with Crippen molar-refractivity contribution in [1.82, 2.24) is 9.88 Å². The molecule has 0 saturated heterocycles. The van der Waals surface area contributed by atoms with E-state index in [2.05, 4.69) is 9.88 Å². The van der Waals surface area contributed by atoms with Crippen molar-refractivity contribution in [1.29, 1.82) is 0 Å². The summed E-state index contributed by atoms with van der Waals surface area (Å²) in [6.07, 6.45) is 0.772. The average molecular weight is 498 g/mol. The molecule has 174 valence electrons. The Morgan fingerprint density at radius 3 is 2.38 bits per heavy atom. The third kappa shape index (κ3) is 5.78. The highest BCUT2D eigenvalue weighted by Crippen LogP contribution is 2.34. The lowest BCUT2D eigenvalue weighted by atomic mass is 10.2. The lowest BCUT2D eigenvalue weighted by Crippen LogP contribution is -2.33.